The molecule has 158 valence electrons. The molecule has 0 saturated carbocycles. The van der Waals surface area contributed by atoms with Crippen molar-refractivity contribution in [2.24, 2.45) is 0 Å². The number of nitrogens with two attached hydrogens (primary N) is 1. The van der Waals surface area contributed by atoms with Crippen LogP contribution in [-0.4, -0.2) is 41.6 Å². The average Bonchev–Trinajstić information content (AvgIpc) is 3.38. The standard InChI is InChI=1S/C24H22ClN3O3/c25-12-15-13-28(22-11-19(26)17-3-1-2-4-18(17)23(15)22)24(30)21-10-14-9-16(31-8-7-29)5-6-20(14)27-21/h1-6,9-11,15,27,29H,7-8,12-13,26H2. The summed E-state index contributed by atoms with van der Waals surface area (Å²) >= 11 is 6.31. The number of alkyl halides is 1. The summed E-state index contributed by atoms with van der Waals surface area (Å²) in [5, 5.41) is 11.8. The Morgan fingerprint density at radius 2 is 2.00 bits per heavy atom. The van der Waals surface area contributed by atoms with Gasteiger partial charge in [-0.2, -0.15) is 0 Å². The normalized spacial score (nSPS) is 15.5. The van der Waals surface area contributed by atoms with E-state index in [1.54, 1.807) is 4.90 Å². The molecule has 1 aromatic heterocycles. The minimum absolute atomic E-state index is 0.0361. The van der Waals surface area contributed by atoms with E-state index in [2.05, 4.69) is 4.98 Å². The van der Waals surface area contributed by atoms with E-state index >= 15 is 0 Å². The molecule has 1 unspecified atom stereocenters. The van der Waals surface area contributed by atoms with Crippen molar-refractivity contribution in [3.05, 3.63) is 65.9 Å². The maximum absolute atomic E-state index is 13.5. The molecule has 0 spiro atoms. The minimum atomic E-state index is -0.127. The van der Waals surface area contributed by atoms with Crippen LogP contribution in [0.2, 0.25) is 0 Å². The third kappa shape index (κ3) is 3.28. The zero-order valence-electron chi connectivity index (χ0n) is 16.8. The molecule has 4 N–H and O–H groups in total. The van der Waals surface area contributed by atoms with Gasteiger partial charge in [0, 0.05) is 40.3 Å². The molecule has 0 radical (unpaired) electrons. The second-order valence-corrected chi connectivity index (χ2v) is 8.02. The molecule has 0 aliphatic carbocycles. The number of nitrogen functional groups attached to an aromatic ring is 1. The van der Waals surface area contributed by atoms with Gasteiger partial charge >= 0.3 is 0 Å². The summed E-state index contributed by atoms with van der Waals surface area (Å²) in [5.74, 6) is 0.974. The van der Waals surface area contributed by atoms with Gasteiger partial charge in [0.2, 0.25) is 0 Å². The van der Waals surface area contributed by atoms with Gasteiger partial charge in [0.25, 0.3) is 5.91 Å². The smallest absolute Gasteiger partial charge is 0.274 e. The van der Waals surface area contributed by atoms with Crippen LogP contribution in [0.25, 0.3) is 21.7 Å². The van der Waals surface area contributed by atoms with E-state index in [0.717, 1.165) is 32.9 Å². The largest absolute Gasteiger partial charge is 0.491 e. The van der Waals surface area contributed by atoms with Crippen molar-refractivity contribution < 1.29 is 14.6 Å². The number of rotatable bonds is 5. The topological polar surface area (TPSA) is 91.6 Å². The highest BCUT2D eigenvalue weighted by Crippen LogP contribution is 2.44. The number of aliphatic hydroxyl groups is 1. The Balaban J connectivity index is 1.55. The molecule has 0 bridgehead atoms. The molecule has 1 atom stereocenters. The van der Waals surface area contributed by atoms with Gasteiger partial charge in [0.05, 0.1) is 12.3 Å². The van der Waals surface area contributed by atoms with Crippen LogP contribution in [0.1, 0.15) is 22.0 Å². The van der Waals surface area contributed by atoms with Crippen LogP contribution in [0, 0.1) is 0 Å². The molecular formula is C24H22ClN3O3. The Morgan fingerprint density at radius 1 is 1.19 bits per heavy atom. The number of nitrogens with one attached hydrogen (secondary N) is 1. The van der Waals surface area contributed by atoms with Gasteiger partial charge in [-0.05, 0) is 41.3 Å². The van der Waals surface area contributed by atoms with Gasteiger partial charge in [0.1, 0.15) is 18.1 Å². The number of carbonyl (C=O) groups is 1. The first kappa shape index (κ1) is 19.7. The second kappa shape index (κ2) is 7.80. The quantitative estimate of drug-likeness (QED) is 0.322. The summed E-state index contributed by atoms with van der Waals surface area (Å²) in [6.45, 7) is 0.676. The number of nitrogens with zero attached hydrogens (tertiary/aromatic N) is 1. The Morgan fingerprint density at radius 3 is 2.77 bits per heavy atom. The van der Waals surface area contributed by atoms with Crippen molar-refractivity contribution in [3.63, 3.8) is 0 Å². The number of H-pyrrole nitrogens is 1. The van der Waals surface area contributed by atoms with E-state index < -0.39 is 0 Å². The number of ether oxygens (including phenoxy) is 1. The van der Waals surface area contributed by atoms with E-state index in [1.807, 2.05) is 54.6 Å². The fourth-order valence-electron chi connectivity index (χ4n) is 4.42. The third-order valence-electron chi connectivity index (χ3n) is 5.81. The number of hydrogen-bond acceptors (Lipinski definition) is 4. The summed E-state index contributed by atoms with van der Waals surface area (Å²) in [6, 6.07) is 17.2. The Bertz CT molecular complexity index is 1300. The van der Waals surface area contributed by atoms with Crippen molar-refractivity contribution in [2.75, 3.05) is 36.3 Å². The van der Waals surface area contributed by atoms with E-state index in [9.17, 15) is 4.79 Å². The highest BCUT2D eigenvalue weighted by atomic mass is 35.5. The number of aromatic nitrogens is 1. The zero-order chi connectivity index (χ0) is 21.5. The number of aliphatic hydroxyl groups excluding tert-OH is 1. The van der Waals surface area contributed by atoms with Gasteiger partial charge < -0.3 is 25.5 Å². The maximum atomic E-state index is 13.5. The zero-order valence-corrected chi connectivity index (χ0v) is 17.5. The average molecular weight is 436 g/mol. The second-order valence-electron chi connectivity index (χ2n) is 7.72. The Kier molecular flexibility index (Phi) is 4.96. The lowest BCUT2D eigenvalue weighted by Gasteiger charge is -2.18. The monoisotopic (exact) mass is 435 g/mol. The molecule has 31 heavy (non-hydrogen) atoms. The summed E-state index contributed by atoms with van der Waals surface area (Å²) in [4.78, 5) is 18.5. The number of benzene rings is 3. The molecule has 7 heteroatoms. The molecule has 1 aliphatic rings. The van der Waals surface area contributed by atoms with E-state index in [-0.39, 0.29) is 25.0 Å². The van der Waals surface area contributed by atoms with Crippen LogP contribution >= 0.6 is 11.6 Å². The van der Waals surface area contributed by atoms with Crippen molar-refractivity contribution in [3.8, 4) is 5.75 Å². The van der Waals surface area contributed by atoms with Crippen LogP contribution in [0.3, 0.4) is 0 Å². The summed E-state index contributed by atoms with van der Waals surface area (Å²) in [7, 11) is 0. The lowest BCUT2D eigenvalue weighted by molar-refractivity contribution is 0.0984. The molecule has 1 aliphatic heterocycles. The number of halogens is 1. The Labute approximate surface area is 184 Å². The predicted molar refractivity (Wildman–Crippen MR) is 124 cm³/mol. The van der Waals surface area contributed by atoms with Crippen molar-refractivity contribution in [1.82, 2.24) is 4.98 Å². The van der Waals surface area contributed by atoms with Crippen LogP contribution in [0.15, 0.2) is 54.6 Å². The number of carbonyl (C=O) groups excluding carboxylic acids is 1. The summed E-state index contributed by atoms with van der Waals surface area (Å²) in [6.07, 6.45) is 0. The van der Waals surface area contributed by atoms with Gasteiger partial charge in [-0.1, -0.05) is 24.3 Å². The number of aromatic amines is 1. The number of hydrogen-bond donors (Lipinski definition) is 3. The first-order valence-corrected chi connectivity index (χ1v) is 10.7. The summed E-state index contributed by atoms with van der Waals surface area (Å²) < 4.78 is 5.47. The van der Waals surface area contributed by atoms with Crippen molar-refractivity contribution >= 4 is 50.6 Å². The summed E-state index contributed by atoms with van der Waals surface area (Å²) in [5.41, 5.74) is 10.2. The van der Waals surface area contributed by atoms with Gasteiger partial charge in [-0.3, -0.25) is 4.79 Å². The molecular weight excluding hydrogens is 414 g/mol. The molecule has 6 nitrogen and oxygen atoms in total. The van der Waals surface area contributed by atoms with E-state index in [0.29, 0.717) is 29.6 Å². The van der Waals surface area contributed by atoms with Crippen LogP contribution in [0.4, 0.5) is 11.4 Å². The predicted octanol–water partition coefficient (Wildman–Crippen LogP) is 4.26. The first-order valence-electron chi connectivity index (χ1n) is 10.2. The van der Waals surface area contributed by atoms with Crippen LogP contribution in [0.5, 0.6) is 5.75 Å². The molecule has 2 heterocycles. The molecule has 0 saturated heterocycles. The fraction of sp³-hybridized carbons (Fsp3) is 0.208. The van der Waals surface area contributed by atoms with E-state index in [4.69, 9.17) is 27.2 Å². The first-order chi connectivity index (χ1) is 15.1. The molecule has 0 fully saturated rings. The lowest BCUT2D eigenvalue weighted by atomic mass is 9.95. The van der Waals surface area contributed by atoms with Crippen molar-refractivity contribution in [1.29, 1.82) is 0 Å². The van der Waals surface area contributed by atoms with E-state index in [1.165, 1.54) is 0 Å². The van der Waals surface area contributed by atoms with Crippen LogP contribution in [-0.2, 0) is 0 Å². The molecule has 3 aromatic carbocycles. The minimum Gasteiger partial charge on any atom is -0.491 e. The van der Waals surface area contributed by atoms with Crippen molar-refractivity contribution in [2.45, 2.75) is 5.92 Å². The maximum Gasteiger partial charge on any atom is 0.274 e. The Hall–Kier alpha value is -3.22. The fourth-order valence-corrected chi connectivity index (χ4v) is 4.67. The SMILES string of the molecule is Nc1cc2c(c3ccccc13)C(CCl)CN2C(=O)c1cc2cc(OCCO)ccc2[nH]1. The number of anilines is 2. The van der Waals surface area contributed by atoms with Gasteiger partial charge in [-0.15, -0.1) is 11.6 Å². The van der Waals surface area contributed by atoms with Gasteiger partial charge in [0.15, 0.2) is 0 Å². The molecule has 4 aromatic rings. The van der Waals surface area contributed by atoms with Gasteiger partial charge in [-0.25, -0.2) is 0 Å². The number of fused-ring (bicyclic) bond motifs is 4. The number of amides is 1. The highest BCUT2D eigenvalue weighted by Gasteiger charge is 2.35. The van der Waals surface area contributed by atoms with Crippen LogP contribution < -0.4 is 15.4 Å². The molecule has 1 amide bonds. The third-order valence-corrected chi connectivity index (χ3v) is 6.18. The highest BCUT2D eigenvalue weighted by molar-refractivity contribution is 6.19. The lowest BCUT2D eigenvalue weighted by Crippen LogP contribution is -2.30. The molecule has 5 rings (SSSR count).